The summed E-state index contributed by atoms with van der Waals surface area (Å²) in [5.41, 5.74) is 2.72. The molecule has 2 aliphatic heterocycles. The molecule has 1 aromatic heterocycles. The van der Waals surface area contributed by atoms with E-state index >= 15 is 0 Å². The molecule has 0 bridgehead atoms. The van der Waals surface area contributed by atoms with Crippen LogP contribution in [0.5, 0.6) is 0 Å². The van der Waals surface area contributed by atoms with E-state index in [1.54, 1.807) is 6.07 Å². The second kappa shape index (κ2) is 10.4. The number of carbonyl (C=O) groups excluding carboxylic acids is 1. The summed E-state index contributed by atoms with van der Waals surface area (Å²) in [6.07, 6.45) is 2.63. The lowest BCUT2D eigenvalue weighted by molar-refractivity contribution is -0.125. The van der Waals surface area contributed by atoms with Gasteiger partial charge in [-0.1, -0.05) is 24.3 Å². The standard InChI is InChI=1S/C26H33FN6O/c27-21-6-1-4-9-24(21)32-18-16-31(17-19-32)13-5-12-28-25(34)20-10-14-33(15-11-20)26-29-22-7-2-3-8-23(22)30-26/h1-4,6-9,20H,5,10-19H2,(H,28,34)(H,29,30). The molecular formula is C26H33FN6O. The molecule has 34 heavy (non-hydrogen) atoms. The smallest absolute Gasteiger partial charge is 0.223 e. The Morgan fingerprint density at radius 3 is 2.47 bits per heavy atom. The van der Waals surface area contributed by atoms with Gasteiger partial charge in [-0.2, -0.15) is 0 Å². The first kappa shape index (κ1) is 22.7. The summed E-state index contributed by atoms with van der Waals surface area (Å²) in [6, 6.07) is 15.0. The highest BCUT2D eigenvalue weighted by Crippen LogP contribution is 2.24. The minimum Gasteiger partial charge on any atom is -0.367 e. The van der Waals surface area contributed by atoms with E-state index < -0.39 is 0 Å². The van der Waals surface area contributed by atoms with Crippen LogP contribution in [0.3, 0.4) is 0 Å². The van der Waals surface area contributed by atoms with Gasteiger partial charge in [0, 0.05) is 51.7 Å². The molecule has 2 saturated heterocycles. The maximum absolute atomic E-state index is 14.0. The van der Waals surface area contributed by atoms with Gasteiger partial charge >= 0.3 is 0 Å². The minimum atomic E-state index is -0.151. The van der Waals surface area contributed by atoms with Crippen LogP contribution in [-0.4, -0.2) is 73.1 Å². The fourth-order valence-corrected chi connectivity index (χ4v) is 5.02. The van der Waals surface area contributed by atoms with E-state index in [-0.39, 0.29) is 17.6 Å². The molecule has 0 unspecified atom stereocenters. The number of anilines is 2. The molecule has 7 nitrogen and oxygen atoms in total. The van der Waals surface area contributed by atoms with Crippen LogP contribution >= 0.6 is 0 Å². The fourth-order valence-electron chi connectivity index (χ4n) is 5.02. The second-order valence-corrected chi connectivity index (χ2v) is 9.26. The van der Waals surface area contributed by atoms with Crippen LogP contribution in [0.1, 0.15) is 19.3 Å². The minimum absolute atomic E-state index is 0.0740. The van der Waals surface area contributed by atoms with Crippen LogP contribution < -0.4 is 15.1 Å². The Kier molecular flexibility index (Phi) is 6.94. The Labute approximate surface area is 199 Å². The van der Waals surface area contributed by atoms with E-state index in [0.717, 1.165) is 82.1 Å². The molecule has 3 heterocycles. The Bertz CT molecular complexity index is 1070. The number of hydrogen-bond acceptors (Lipinski definition) is 5. The number of piperazine rings is 1. The Morgan fingerprint density at radius 1 is 0.971 bits per heavy atom. The van der Waals surface area contributed by atoms with E-state index in [1.807, 2.05) is 36.4 Å². The molecule has 8 heteroatoms. The molecule has 2 N–H and O–H groups in total. The van der Waals surface area contributed by atoms with Gasteiger partial charge in [-0.05, 0) is 50.1 Å². The maximum atomic E-state index is 14.0. The zero-order chi connectivity index (χ0) is 23.3. The van der Waals surface area contributed by atoms with Gasteiger partial charge in [0.05, 0.1) is 16.7 Å². The summed E-state index contributed by atoms with van der Waals surface area (Å²) in [4.78, 5) is 27.5. The lowest BCUT2D eigenvalue weighted by Gasteiger charge is -2.36. The molecule has 180 valence electrons. The van der Waals surface area contributed by atoms with Crippen LogP contribution in [0.4, 0.5) is 16.0 Å². The van der Waals surface area contributed by atoms with Crippen molar-refractivity contribution in [2.24, 2.45) is 5.92 Å². The van der Waals surface area contributed by atoms with Crippen molar-refractivity contribution in [1.29, 1.82) is 0 Å². The van der Waals surface area contributed by atoms with Crippen molar-refractivity contribution in [2.45, 2.75) is 19.3 Å². The number of H-pyrrole nitrogens is 1. The second-order valence-electron chi connectivity index (χ2n) is 9.26. The number of amides is 1. The highest BCUT2D eigenvalue weighted by molar-refractivity contribution is 5.79. The van der Waals surface area contributed by atoms with E-state index in [0.29, 0.717) is 12.2 Å². The monoisotopic (exact) mass is 464 g/mol. The van der Waals surface area contributed by atoms with Crippen LogP contribution in [0.2, 0.25) is 0 Å². The highest BCUT2D eigenvalue weighted by Gasteiger charge is 2.26. The number of carbonyl (C=O) groups is 1. The summed E-state index contributed by atoms with van der Waals surface area (Å²) in [5.74, 6) is 0.996. The van der Waals surface area contributed by atoms with Crippen LogP contribution in [0.25, 0.3) is 11.0 Å². The van der Waals surface area contributed by atoms with Crippen molar-refractivity contribution in [3.63, 3.8) is 0 Å². The van der Waals surface area contributed by atoms with E-state index in [4.69, 9.17) is 0 Å². The van der Waals surface area contributed by atoms with Gasteiger partial charge in [0.25, 0.3) is 0 Å². The molecular weight excluding hydrogens is 431 g/mol. The normalized spacial score (nSPS) is 17.9. The number of para-hydroxylation sites is 3. The molecule has 1 amide bonds. The first-order valence-electron chi connectivity index (χ1n) is 12.4. The van der Waals surface area contributed by atoms with Gasteiger partial charge in [0.2, 0.25) is 11.9 Å². The number of rotatable bonds is 7. The third-order valence-corrected chi connectivity index (χ3v) is 7.06. The van der Waals surface area contributed by atoms with Crippen molar-refractivity contribution < 1.29 is 9.18 Å². The van der Waals surface area contributed by atoms with Gasteiger partial charge < -0.3 is 20.1 Å². The van der Waals surface area contributed by atoms with Crippen LogP contribution in [-0.2, 0) is 4.79 Å². The number of aromatic amines is 1. The zero-order valence-electron chi connectivity index (χ0n) is 19.5. The largest absolute Gasteiger partial charge is 0.367 e. The first-order valence-corrected chi connectivity index (χ1v) is 12.4. The number of aromatic nitrogens is 2. The average molecular weight is 465 g/mol. The molecule has 2 fully saturated rings. The van der Waals surface area contributed by atoms with Crippen molar-refractivity contribution in [3.05, 3.63) is 54.3 Å². The van der Waals surface area contributed by atoms with Crippen molar-refractivity contribution in [1.82, 2.24) is 20.2 Å². The molecule has 2 aromatic carbocycles. The lowest BCUT2D eigenvalue weighted by atomic mass is 9.96. The molecule has 0 saturated carbocycles. The van der Waals surface area contributed by atoms with Crippen LogP contribution in [0, 0.1) is 11.7 Å². The number of nitrogens with zero attached hydrogens (tertiary/aromatic N) is 4. The number of benzene rings is 2. The summed E-state index contributed by atoms with van der Waals surface area (Å²) >= 11 is 0. The Balaban J connectivity index is 0.990. The molecule has 0 spiro atoms. The molecule has 3 aromatic rings. The van der Waals surface area contributed by atoms with Gasteiger partial charge in [-0.15, -0.1) is 0 Å². The van der Waals surface area contributed by atoms with E-state index in [9.17, 15) is 9.18 Å². The number of hydrogen-bond donors (Lipinski definition) is 2. The molecule has 2 aliphatic rings. The lowest BCUT2D eigenvalue weighted by Crippen LogP contribution is -2.47. The molecule has 0 radical (unpaired) electrons. The molecule has 0 aliphatic carbocycles. The Morgan fingerprint density at radius 2 is 1.71 bits per heavy atom. The third kappa shape index (κ3) is 5.17. The SMILES string of the molecule is O=C(NCCCN1CCN(c2ccccc2F)CC1)C1CCN(c2nc3ccccc3[nH]2)CC1. The maximum Gasteiger partial charge on any atom is 0.223 e. The highest BCUT2D eigenvalue weighted by atomic mass is 19.1. The number of piperidine rings is 1. The summed E-state index contributed by atoms with van der Waals surface area (Å²) in [6.45, 7) is 6.83. The van der Waals surface area contributed by atoms with Crippen molar-refractivity contribution in [2.75, 3.05) is 62.2 Å². The average Bonchev–Trinajstić information content (AvgIpc) is 3.32. The van der Waals surface area contributed by atoms with E-state index in [1.165, 1.54) is 6.07 Å². The molecule has 0 atom stereocenters. The van der Waals surface area contributed by atoms with Gasteiger partial charge in [0.1, 0.15) is 5.82 Å². The predicted molar refractivity (Wildman–Crippen MR) is 134 cm³/mol. The predicted octanol–water partition coefficient (Wildman–Crippen LogP) is 3.25. The third-order valence-electron chi connectivity index (χ3n) is 7.06. The zero-order valence-corrected chi connectivity index (χ0v) is 19.5. The topological polar surface area (TPSA) is 67.5 Å². The van der Waals surface area contributed by atoms with E-state index in [2.05, 4.69) is 30.0 Å². The quantitative estimate of drug-likeness (QED) is 0.526. The number of imidazole rings is 1. The Hall–Kier alpha value is -3.13. The van der Waals surface area contributed by atoms with Gasteiger partial charge in [-0.3, -0.25) is 9.69 Å². The number of fused-ring (bicyclic) bond motifs is 1. The summed E-state index contributed by atoms with van der Waals surface area (Å²) < 4.78 is 14.0. The first-order chi connectivity index (χ1) is 16.7. The summed E-state index contributed by atoms with van der Waals surface area (Å²) in [7, 11) is 0. The van der Waals surface area contributed by atoms with Crippen molar-refractivity contribution >= 4 is 28.6 Å². The number of halogens is 1. The number of nitrogens with one attached hydrogen (secondary N) is 2. The summed E-state index contributed by atoms with van der Waals surface area (Å²) in [5, 5.41) is 3.14. The van der Waals surface area contributed by atoms with Crippen molar-refractivity contribution in [3.8, 4) is 0 Å². The molecule has 5 rings (SSSR count). The van der Waals surface area contributed by atoms with Crippen LogP contribution in [0.15, 0.2) is 48.5 Å². The van der Waals surface area contributed by atoms with Gasteiger partial charge in [0.15, 0.2) is 0 Å². The fraction of sp³-hybridized carbons (Fsp3) is 0.462. The van der Waals surface area contributed by atoms with Gasteiger partial charge in [-0.25, -0.2) is 9.37 Å².